The number of hydrogen-bond acceptors (Lipinski definition) is 0. The largest absolute Gasteiger partial charge is 0.0623 e. The van der Waals surface area contributed by atoms with E-state index in [2.05, 4.69) is 42.5 Å². The molecule has 0 amide bonds. The molecule has 1 aliphatic carbocycles. The highest BCUT2D eigenvalue weighted by Crippen LogP contribution is 2.13. The maximum absolute atomic E-state index is 2.17. The lowest BCUT2D eigenvalue weighted by Gasteiger charge is -1.80. The molecule has 0 unspecified atom stereocenters. The molecular weight excluding hydrogens is 144 g/mol. The van der Waals surface area contributed by atoms with Crippen molar-refractivity contribution in [2.75, 3.05) is 0 Å². The molecule has 12 heavy (non-hydrogen) atoms. The standard InChI is InChI=1S/C12H10/c1-2-4-6-11-8-9-12(10-11)7-5-3-1/h1-10H. The van der Waals surface area contributed by atoms with Crippen LogP contribution in [0.4, 0.5) is 0 Å². The van der Waals surface area contributed by atoms with Gasteiger partial charge in [-0.15, -0.1) is 0 Å². The summed E-state index contributed by atoms with van der Waals surface area (Å²) in [7, 11) is 0. The van der Waals surface area contributed by atoms with Crippen LogP contribution in [0.3, 0.4) is 0 Å². The molecule has 0 heterocycles. The van der Waals surface area contributed by atoms with Crippen LogP contribution in [0.2, 0.25) is 0 Å². The minimum atomic E-state index is 1.27. The Morgan fingerprint density at radius 3 is 1.67 bits per heavy atom. The van der Waals surface area contributed by atoms with Crippen LogP contribution in [0.25, 0.3) is 12.2 Å². The molecule has 0 fully saturated rings. The molecule has 0 spiro atoms. The molecule has 0 saturated carbocycles. The van der Waals surface area contributed by atoms with Gasteiger partial charge in [0.05, 0.1) is 0 Å². The van der Waals surface area contributed by atoms with Gasteiger partial charge in [-0.25, -0.2) is 0 Å². The van der Waals surface area contributed by atoms with Crippen molar-refractivity contribution >= 4 is 12.2 Å². The first kappa shape index (κ1) is 7.11. The molecule has 0 nitrogen and oxygen atoms in total. The lowest BCUT2D eigenvalue weighted by Crippen LogP contribution is -1.60. The number of fused-ring (bicyclic) bond motifs is 2. The highest BCUT2D eigenvalue weighted by molar-refractivity contribution is 5.75. The van der Waals surface area contributed by atoms with Crippen molar-refractivity contribution in [2.24, 2.45) is 0 Å². The summed E-state index contributed by atoms with van der Waals surface area (Å²) in [6.07, 6.45) is 4.24. The second-order valence-corrected chi connectivity index (χ2v) is 2.77. The molecule has 0 saturated heterocycles. The minimum Gasteiger partial charge on any atom is -0.0623 e. The van der Waals surface area contributed by atoms with E-state index < -0.39 is 0 Å². The first-order valence-electron chi connectivity index (χ1n) is 4.07. The van der Waals surface area contributed by atoms with Crippen LogP contribution < -0.4 is 0 Å². The first-order valence-corrected chi connectivity index (χ1v) is 4.07. The van der Waals surface area contributed by atoms with Crippen LogP contribution in [0, 0.1) is 0 Å². The van der Waals surface area contributed by atoms with Gasteiger partial charge in [-0.3, -0.25) is 0 Å². The first-order chi connectivity index (χ1) is 5.95. The van der Waals surface area contributed by atoms with Gasteiger partial charge >= 0.3 is 0 Å². The lowest BCUT2D eigenvalue weighted by atomic mass is 10.3. The van der Waals surface area contributed by atoms with E-state index in [1.54, 1.807) is 0 Å². The van der Waals surface area contributed by atoms with E-state index in [1.807, 2.05) is 18.2 Å². The molecule has 0 aromatic heterocycles. The van der Waals surface area contributed by atoms with E-state index >= 15 is 0 Å². The molecule has 0 radical (unpaired) electrons. The van der Waals surface area contributed by atoms with Crippen LogP contribution in [0.15, 0.2) is 48.5 Å². The summed E-state index contributed by atoms with van der Waals surface area (Å²) in [5.74, 6) is 0. The third-order valence-corrected chi connectivity index (χ3v) is 1.82. The third kappa shape index (κ3) is 1.54. The molecule has 1 aromatic rings. The highest BCUT2D eigenvalue weighted by atomic mass is 14.0. The Hall–Kier alpha value is -1.56. The second kappa shape index (κ2) is 3.22. The molecular formula is C12H10. The van der Waals surface area contributed by atoms with E-state index in [-0.39, 0.29) is 0 Å². The van der Waals surface area contributed by atoms with Gasteiger partial charge in [0, 0.05) is 0 Å². The highest BCUT2D eigenvalue weighted by Gasteiger charge is 1.91. The van der Waals surface area contributed by atoms with E-state index in [0.717, 1.165) is 0 Å². The van der Waals surface area contributed by atoms with E-state index in [1.165, 1.54) is 11.1 Å². The van der Waals surface area contributed by atoms with Gasteiger partial charge in [-0.2, -0.15) is 0 Å². The summed E-state index contributed by atoms with van der Waals surface area (Å²) >= 11 is 0. The normalized spacial score (nSPS) is 11.0. The quantitative estimate of drug-likeness (QED) is 0.546. The SMILES string of the molecule is C1=Cc2cccccccc1c2. The molecule has 2 rings (SSSR count). The van der Waals surface area contributed by atoms with Crippen LogP contribution in [0.5, 0.6) is 0 Å². The van der Waals surface area contributed by atoms with Gasteiger partial charge in [0.15, 0.2) is 0 Å². The van der Waals surface area contributed by atoms with E-state index in [4.69, 9.17) is 0 Å². The maximum Gasteiger partial charge on any atom is -0.0251 e. The van der Waals surface area contributed by atoms with Crippen molar-refractivity contribution in [2.45, 2.75) is 0 Å². The predicted molar refractivity (Wildman–Crippen MR) is 53.0 cm³/mol. The Morgan fingerprint density at radius 1 is 0.583 bits per heavy atom. The van der Waals surface area contributed by atoms with Crippen LogP contribution in [0.1, 0.15) is 11.1 Å². The van der Waals surface area contributed by atoms with Gasteiger partial charge in [0.2, 0.25) is 0 Å². The van der Waals surface area contributed by atoms with Crippen LogP contribution >= 0.6 is 0 Å². The fraction of sp³-hybridized carbons (Fsp3) is 0. The summed E-state index contributed by atoms with van der Waals surface area (Å²) in [4.78, 5) is 0. The molecule has 0 atom stereocenters. The zero-order valence-corrected chi connectivity index (χ0v) is 6.77. The zero-order chi connectivity index (χ0) is 8.23. The Morgan fingerprint density at radius 2 is 1.08 bits per heavy atom. The smallest absolute Gasteiger partial charge is 0.0251 e. The van der Waals surface area contributed by atoms with Crippen molar-refractivity contribution in [1.29, 1.82) is 0 Å². The molecule has 1 aliphatic rings. The van der Waals surface area contributed by atoms with E-state index in [9.17, 15) is 0 Å². The van der Waals surface area contributed by atoms with E-state index in [0.29, 0.717) is 0 Å². The lowest BCUT2D eigenvalue weighted by molar-refractivity contribution is 1.69. The predicted octanol–water partition coefficient (Wildman–Crippen LogP) is 3.29. The second-order valence-electron chi connectivity index (χ2n) is 2.77. The molecule has 1 aromatic carbocycles. The summed E-state index contributed by atoms with van der Waals surface area (Å²) < 4.78 is 0. The Kier molecular flexibility index (Phi) is 1.91. The Balaban J connectivity index is 2.63. The Bertz CT molecular complexity index is 329. The summed E-state index contributed by atoms with van der Waals surface area (Å²) in [6, 6.07) is 16.6. The number of hydrogen-bond donors (Lipinski definition) is 0. The molecule has 0 heteroatoms. The topological polar surface area (TPSA) is 0 Å². The monoisotopic (exact) mass is 154 g/mol. The van der Waals surface area contributed by atoms with Crippen molar-refractivity contribution in [3.63, 3.8) is 0 Å². The molecule has 2 bridgehead atoms. The average Bonchev–Trinajstić information content (AvgIpc) is 2.51. The summed E-state index contributed by atoms with van der Waals surface area (Å²) in [5.41, 5.74) is 2.53. The Labute approximate surface area is 72.5 Å². The maximum atomic E-state index is 2.17. The zero-order valence-electron chi connectivity index (χ0n) is 6.77. The van der Waals surface area contributed by atoms with Crippen molar-refractivity contribution in [1.82, 2.24) is 0 Å². The molecule has 58 valence electrons. The summed E-state index contributed by atoms with van der Waals surface area (Å²) in [6.45, 7) is 0. The van der Waals surface area contributed by atoms with Crippen molar-refractivity contribution in [3.8, 4) is 0 Å². The van der Waals surface area contributed by atoms with Crippen molar-refractivity contribution < 1.29 is 0 Å². The minimum absolute atomic E-state index is 1.27. The fourth-order valence-corrected chi connectivity index (χ4v) is 1.21. The number of rotatable bonds is 0. The van der Waals surface area contributed by atoms with Gasteiger partial charge in [0.1, 0.15) is 0 Å². The molecule has 0 N–H and O–H groups in total. The third-order valence-electron chi connectivity index (χ3n) is 1.82. The average molecular weight is 154 g/mol. The molecule has 0 aliphatic heterocycles. The van der Waals surface area contributed by atoms with Gasteiger partial charge < -0.3 is 0 Å². The van der Waals surface area contributed by atoms with Crippen LogP contribution in [-0.4, -0.2) is 0 Å². The van der Waals surface area contributed by atoms with Crippen molar-refractivity contribution in [3.05, 3.63) is 59.7 Å². The fourth-order valence-electron chi connectivity index (χ4n) is 1.21. The van der Waals surface area contributed by atoms with Crippen LogP contribution in [-0.2, 0) is 0 Å². The summed E-state index contributed by atoms with van der Waals surface area (Å²) in [5, 5.41) is 0. The van der Waals surface area contributed by atoms with Gasteiger partial charge in [0.25, 0.3) is 0 Å². The van der Waals surface area contributed by atoms with Gasteiger partial charge in [-0.1, -0.05) is 54.6 Å². The van der Waals surface area contributed by atoms with Gasteiger partial charge in [-0.05, 0) is 17.2 Å².